The van der Waals surface area contributed by atoms with Gasteiger partial charge in [0.15, 0.2) is 10.8 Å². The lowest BCUT2D eigenvalue weighted by atomic mass is 10.1. The molecule has 0 aliphatic rings. The van der Waals surface area contributed by atoms with Crippen LogP contribution in [0.2, 0.25) is 10.0 Å². The molecule has 35 heavy (non-hydrogen) atoms. The Morgan fingerprint density at radius 3 is 2.74 bits per heavy atom. The molecular weight excluding hydrogens is 523 g/mol. The summed E-state index contributed by atoms with van der Waals surface area (Å²) in [7, 11) is 0. The SMILES string of the molecule is C=CCn1c2ccc(Cl)cc2c2nnc(SCC(=O)Nc3ncc(Cc4ccc(Cl)cc4)s3)nc21. The fourth-order valence-electron chi connectivity index (χ4n) is 3.62. The Morgan fingerprint density at radius 2 is 1.94 bits per heavy atom. The molecule has 5 aromatic rings. The molecule has 3 heterocycles. The number of carbonyl (C=O) groups is 1. The highest BCUT2D eigenvalue weighted by Gasteiger charge is 2.16. The van der Waals surface area contributed by atoms with Crippen molar-refractivity contribution in [3.63, 3.8) is 0 Å². The molecular formula is C24H18Cl2N6OS2. The molecule has 1 N–H and O–H groups in total. The number of aromatic nitrogens is 5. The van der Waals surface area contributed by atoms with E-state index in [1.807, 2.05) is 47.0 Å². The molecule has 0 atom stereocenters. The van der Waals surface area contributed by atoms with Gasteiger partial charge >= 0.3 is 0 Å². The normalized spacial score (nSPS) is 11.3. The van der Waals surface area contributed by atoms with E-state index in [1.54, 1.807) is 12.3 Å². The molecule has 0 fully saturated rings. The molecule has 0 saturated heterocycles. The maximum absolute atomic E-state index is 12.5. The number of hydrogen-bond acceptors (Lipinski definition) is 7. The van der Waals surface area contributed by atoms with E-state index in [4.69, 9.17) is 23.2 Å². The molecule has 0 aliphatic heterocycles. The molecule has 3 aromatic heterocycles. The lowest BCUT2D eigenvalue weighted by Crippen LogP contribution is -2.14. The molecule has 7 nitrogen and oxygen atoms in total. The van der Waals surface area contributed by atoms with Crippen molar-refractivity contribution in [1.29, 1.82) is 0 Å². The van der Waals surface area contributed by atoms with Crippen LogP contribution in [-0.2, 0) is 17.8 Å². The van der Waals surface area contributed by atoms with E-state index in [2.05, 4.69) is 32.1 Å². The van der Waals surface area contributed by atoms with Crippen LogP contribution in [0.5, 0.6) is 0 Å². The Balaban J connectivity index is 1.26. The highest BCUT2D eigenvalue weighted by atomic mass is 35.5. The topological polar surface area (TPSA) is 85.6 Å². The molecule has 176 valence electrons. The molecule has 2 aromatic carbocycles. The molecule has 0 spiro atoms. The number of halogens is 2. The number of hydrogen-bond donors (Lipinski definition) is 1. The van der Waals surface area contributed by atoms with E-state index >= 15 is 0 Å². The van der Waals surface area contributed by atoms with Crippen molar-refractivity contribution in [3.8, 4) is 0 Å². The Hall–Kier alpha value is -2.98. The lowest BCUT2D eigenvalue weighted by molar-refractivity contribution is -0.113. The molecule has 1 amide bonds. The summed E-state index contributed by atoms with van der Waals surface area (Å²) in [4.78, 5) is 22.5. The van der Waals surface area contributed by atoms with Crippen molar-refractivity contribution in [2.24, 2.45) is 0 Å². The number of fused-ring (bicyclic) bond motifs is 3. The molecule has 0 bridgehead atoms. The second-order valence-corrected chi connectivity index (χ2v) is 10.5. The van der Waals surface area contributed by atoms with Crippen LogP contribution in [0.25, 0.3) is 22.1 Å². The first-order valence-corrected chi connectivity index (χ1v) is 13.1. The maximum Gasteiger partial charge on any atom is 0.236 e. The summed E-state index contributed by atoms with van der Waals surface area (Å²) < 4.78 is 2.00. The number of benzene rings is 2. The minimum atomic E-state index is -0.190. The minimum absolute atomic E-state index is 0.132. The number of nitrogens with one attached hydrogen (secondary N) is 1. The predicted octanol–water partition coefficient (Wildman–Crippen LogP) is 6.25. The second kappa shape index (κ2) is 10.3. The number of nitrogens with zero attached hydrogens (tertiary/aromatic N) is 5. The zero-order valence-corrected chi connectivity index (χ0v) is 21.4. The number of rotatable bonds is 8. The van der Waals surface area contributed by atoms with Crippen molar-refractivity contribution in [2.45, 2.75) is 18.1 Å². The summed E-state index contributed by atoms with van der Waals surface area (Å²) in [6.45, 7) is 4.40. The highest BCUT2D eigenvalue weighted by molar-refractivity contribution is 7.99. The first-order chi connectivity index (χ1) is 17.0. The third-order valence-electron chi connectivity index (χ3n) is 5.14. The Bertz CT molecular complexity index is 1550. The van der Waals surface area contributed by atoms with Gasteiger partial charge in [-0.1, -0.05) is 53.2 Å². The van der Waals surface area contributed by atoms with Crippen LogP contribution in [0.4, 0.5) is 5.13 Å². The van der Waals surface area contributed by atoms with Crippen molar-refractivity contribution in [3.05, 3.63) is 81.8 Å². The van der Waals surface area contributed by atoms with E-state index in [0.717, 1.165) is 27.8 Å². The van der Waals surface area contributed by atoms with Gasteiger partial charge in [-0.2, -0.15) is 0 Å². The van der Waals surface area contributed by atoms with Gasteiger partial charge in [0.1, 0.15) is 5.52 Å². The number of thioether (sulfide) groups is 1. The summed E-state index contributed by atoms with van der Waals surface area (Å²) in [5.74, 6) is -0.0585. The van der Waals surface area contributed by atoms with E-state index in [9.17, 15) is 4.79 Å². The number of thiazole rings is 1. The van der Waals surface area contributed by atoms with Gasteiger partial charge in [0.25, 0.3) is 0 Å². The summed E-state index contributed by atoms with van der Waals surface area (Å²) >= 11 is 14.8. The van der Waals surface area contributed by atoms with Crippen LogP contribution in [0, 0.1) is 0 Å². The van der Waals surface area contributed by atoms with Gasteiger partial charge in [-0.25, -0.2) is 9.97 Å². The number of allylic oxidation sites excluding steroid dienone is 1. The first-order valence-electron chi connectivity index (χ1n) is 10.5. The Labute approximate surface area is 219 Å². The van der Waals surface area contributed by atoms with Crippen LogP contribution < -0.4 is 5.32 Å². The van der Waals surface area contributed by atoms with E-state index in [-0.39, 0.29) is 11.7 Å². The minimum Gasteiger partial charge on any atom is -0.320 e. The second-order valence-electron chi connectivity index (χ2n) is 7.60. The highest BCUT2D eigenvalue weighted by Crippen LogP contribution is 2.30. The van der Waals surface area contributed by atoms with Crippen LogP contribution in [0.15, 0.2) is 66.5 Å². The molecule has 0 unspecified atom stereocenters. The van der Waals surface area contributed by atoms with Crippen LogP contribution in [0.1, 0.15) is 10.4 Å². The molecule has 0 radical (unpaired) electrons. The Morgan fingerprint density at radius 1 is 1.14 bits per heavy atom. The van der Waals surface area contributed by atoms with E-state index < -0.39 is 0 Å². The zero-order valence-electron chi connectivity index (χ0n) is 18.2. The van der Waals surface area contributed by atoms with Gasteiger partial charge in [0.2, 0.25) is 11.1 Å². The molecule has 5 rings (SSSR count). The Kier molecular flexibility index (Phi) is 7.01. The molecule has 0 saturated carbocycles. The monoisotopic (exact) mass is 540 g/mol. The van der Waals surface area contributed by atoms with Gasteiger partial charge < -0.3 is 9.88 Å². The van der Waals surface area contributed by atoms with Crippen molar-refractivity contribution in [1.82, 2.24) is 24.7 Å². The first kappa shape index (κ1) is 23.7. The van der Waals surface area contributed by atoms with E-state index in [1.165, 1.54) is 23.1 Å². The number of carbonyl (C=O) groups excluding carboxylic acids is 1. The summed E-state index contributed by atoms with van der Waals surface area (Å²) in [5, 5.41) is 14.6. The average Bonchev–Trinajstić information content (AvgIpc) is 3.41. The zero-order chi connectivity index (χ0) is 24.4. The van der Waals surface area contributed by atoms with Gasteiger partial charge in [0, 0.05) is 39.5 Å². The van der Waals surface area contributed by atoms with Gasteiger partial charge in [-0.15, -0.1) is 28.1 Å². The summed E-state index contributed by atoms with van der Waals surface area (Å²) in [6.07, 6.45) is 4.29. The fourth-order valence-corrected chi connectivity index (χ4v) is 5.37. The van der Waals surface area contributed by atoms with Gasteiger partial charge in [-0.3, -0.25) is 4.79 Å². The van der Waals surface area contributed by atoms with Crippen molar-refractivity contribution in [2.75, 3.05) is 11.1 Å². The third kappa shape index (κ3) is 5.33. The standard InChI is InChI=1S/C24H18Cl2N6OS2/c1-2-9-32-19-8-7-16(26)11-18(19)21-22(32)29-24(31-30-21)34-13-20(33)28-23-27-12-17(35-23)10-14-3-5-15(25)6-4-14/h2-8,11-12H,1,9-10,13H2,(H,27,28,33). The third-order valence-corrected chi connectivity index (χ3v) is 7.38. The average molecular weight is 541 g/mol. The quantitative estimate of drug-likeness (QED) is 0.185. The van der Waals surface area contributed by atoms with Crippen LogP contribution in [-0.4, -0.2) is 36.4 Å². The fraction of sp³-hybridized carbons (Fsp3) is 0.125. The number of amides is 1. The van der Waals surface area contributed by atoms with Crippen LogP contribution in [0.3, 0.4) is 0 Å². The van der Waals surface area contributed by atoms with Gasteiger partial charge in [-0.05, 0) is 35.9 Å². The molecule has 11 heteroatoms. The van der Waals surface area contributed by atoms with Crippen molar-refractivity contribution < 1.29 is 4.79 Å². The predicted molar refractivity (Wildman–Crippen MR) is 144 cm³/mol. The van der Waals surface area contributed by atoms with Crippen LogP contribution >= 0.6 is 46.3 Å². The largest absolute Gasteiger partial charge is 0.320 e. The maximum atomic E-state index is 12.5. The lowest BCUT2D eigenvalue weighted by Gasteiger charge is -2.04. The number of anilines is 1. The summed E-state index contributed by atoms with van der Waals surface area (Å²) in [6, 6.07) is 13.3. The summed E-state index contributed by atoms with van der Waals surface area (Å²) in [5.41, 5.74) is 3.41. The van der Waals surface area contributed by atoms with E-state index in [0.29, 0.717) is 38.0 Å². The van der Waals surface area contributed by atoms with Crippen molar-refractivity contribution >= 4 is 79.4 Å². The smallest absolute Gasteiger partial charge is 0.236 e. The van der Waals surface area contributed by atoms with Gasteiger partial charge in [0.05, 0.1) is 11.3 Å². The molecule has 0 aliphatic carbocycles.